The molecule has 4 heteroatoms. The Morgan fingerprint density at radius 1 is 1.14 bits per heavy atom. The highest BCUT2D eigenvalue weighted by molar-refractivity contribution is 5.94. The van der Waals surface area contributed by atoms with Crippen molar-refractivity contribution in [3.63, 3.8) is 0 Å². The number of fused-ring (bicyclic) bond motifs is 1. The first-order chi connectivity index (χ1) is 14.0. The van der Waals surface area contributed by atoms with E-state index >= 15 is 0 Å². The van der Waals surface area contributed by atoms with Crippen LogP contribution in [0.2, 0.25) is 0 Å². The van der Waals surface area contributed by atoms with Gasteiger partial charge >= 0.3 is 0 Å². The van der Waals surface area contributed by atoms with Crippen LogP contribution in [-0.2, 0) is 5.41 Å². The molecule has 4 nitrogen and oxygen atoms in total. The molecule has 0 N–H and O–H groups in total. The van der Waals surface area contributed by atoms with Gasteiger partial charge in [0.25, 0.3) is 5.91 Å². The summed E-state index contributed by atoms with van der Waals surface area (Å²) in [6.07, 6.45) is 4.37. The number of amides is 1. The molecule has 1 heterocycles. The van der Waals surface area contributed by atoms with Crippen LogP contribution in [0, 0.1) is 5.92 Å². The van der Waals surface area contributed by atoms with E-state index < -0.39 is 0 Å². The molecule has 1 saturated carbocycles. The van der Waals surface area contributed by atoms with Crippen molar-refractivity contribution >= 4 is 5.91 Å². The third-order valence-corrected chi connectivity index (χ3v) is 7.23. The topological polar surface area (TPSA) is 32.8 Å². The van der Waals surface area contributed by atoms with E-state index in [1.807, 2.05) is 48.3 Å². The Kier molecular flexibility index (Phi) is 5.64. The van der Waals surface area contributed by atoms with Gasteiger partial charge in [-0.1, -0.05) is 30.3 Å². The van der Waals surface area contributed by atoms with Crippen LogP contribution in [-0.4, -0.2) is 56.0 Å². The molecule has 0 aromatic heterocycles. The lowest BCUT2D eigenvalue weighted by molar-refractivity contribution is 0.0259. The highest BCUT2D eigenvalue weighted by Gasteiger charge is 2.48. The van der Waals surface area contributed by atoms with Gasteiger partial charge in [0.05, 0.1) is 7.11 Å². The van der Waals surface area contributed by atoms with Gasteiger partial charge in [0.1, 0.15) is 5.75 Å². The van der Waals surface area contributed by atoms with Crippen molar-refractivity contribution in [2.75, 3.05) is 34.3 Å². The average molecular weight is 393 g/mol. The van der Waals surface area contributed by atoms with E-state index in [9.17, 15) is 4.79 Å². The Hall–Kier alpha value is -2.33. The van der Waals surface area contributed by atoms with E-state index in [0.717, 1.165) is 50.1 Å². The number of carbonyl (C=O) groups is 1. The minimum Gasteiger partial charge on any atom is -0.497 e. The second-order valence-electron chi connectivity index (χ2n) is 8.81. The van der Waals surface area contributed by atoms with E-state index in [2.05, 4.69) is 30.1 Å². The summed E-state index contributed by atoms with van der Waals surface area (Å²) in [6.45, 7) is 2.22. The third kappa shape index (κ3) is 3.78. The molecule has 0 bridgehead atoms. The van der Waals surface area contributed by atoms with E-state index in [1.54, 1.807) is 7.11 Å². The van der Waals surface area contributed by atoms with E-state index in [1.165, 1.54) is 5.56 Å². The van der Waals surface area contributed by atoms with E-state index in [0.29, 0.717) is 5.92 Å². The summed E-state index contributed by atoms with van der Waals surface area (Å²) >= 11 is 0. The lowest BCUT2D eigenvalue weighted by Crippen LogP contribution is -2.55. The molecule has 29 heavy (non-hydrogen) atoms. The third-order valence-electron chi connectivity index (χ3n) is 7.23. The van der Waals surface area contributed by atoms with Crippen LogP contribution in [0.15, 0.2) is 54.6 Å². The lowest BCUT2D eigenvalue weighted by atomic mass is 9.58. The molecule has 1 aliphatic carbocycles. The van der Waals surface area contributed by atoms with Crippen molar-refractivity contribution in [2.24, 2.45) is 5.92 Å². The summed E-state index contributed by atoms with van der Waals surface area (Å²) in [7, 11) is 5.94. The molecular formula is C25H32N2O2. The monoisotopic (exact) mass is 392 g/mol. The van der Waals surface area contributed by atoms with Gasteiger partial charge < -0.3 is 14.5 Å². The summed E-state index contributed by atoms with van der Waals surface area (Å²) in [5.74, 6) is 1.66. The first kappa shape index (κ1) is 20.0. The molecule has 154 valence electrons. The zero-order valence-electron chi connectivity index (χ0n) is 17.8. The van der Waals surface area contributed by atoms with Crippen molar-refractivity contribution in [1.82, 2.24) is 9.80 Å². The SMILES string of the molecule is COc1cccc([C@@]23CCN(C)C[C@H]2CC[C@@H](N(C)C(=O)c2ccccc2)C3)c1. The fourth-order valence-electron chi connectivity index (χ4n) is 5.50. The molecule has 1 amide bonds. The van der Waals surface area contributed by atoms with E-state index in [4.69, 9.17) is 4.74 Å². The molecule has 2 aromatic carbocycles. The fourth-order valence-corrected chi connectivity index (χ4v) is 5.50. The minimum atomic E-state index is 0.106. The van der Waals surface area contributed by atoms with Gasteiger partial charge in [-0.25, -0.2) is 0 Å². The highest BCUT2D eigenvalue weighted by atomic mass is 16.5. The predicted octanol–water partition coefficient (Wildman–Crippen LogP) is 4.21. The van der Waals surface area contributed by atoms with Gasteiger partial charge in [0, 0.05) is 30.6 Å². The van der Waals surface area contributed by atoms with Crippen molar-refractivity contribution in [3.8, 4) is 5.75 Å². The molecular weight excluding hydrogens is 360 g/mol. The number of hydrogen-bond acceptors (Lipinski definition) is 3. The maximum atomic E-state index is 13.1. The largest absolute Gasteiger partial charge is 0.497 e. The number of ether oxygens (including phenoxy) is 1. The van der Waals surface area contributed by atoms with Gasteiger partial charge in [-0.15, -0.1) is 0 Å². The molecule has 0 unspecified atom stereocenters. The van der Waals surface area contributed by atoms with Crippen molar-refractivity contribution in [1.29, 1.82) is 0 Å². The maximum Gasteiger partial charge on any atom is 0.253 e. The van der Waals surface area contributed by atoms with Crippen molar-refractivity contribution < 1.29 is 9.53 Å². The smallest absolute Gasteiger partial charge is 0.253 e. The number of methoxy groups -OCH3 is 1. The molecule has 0 spiro atoms. The molecule has 1 saturated heterocycles. The highest BCUT2D eigenvalue weighted by Crippen LogP contribution is 2.50. The second-order valence-corrected chi connectivity index (χ2v) is 8.81. The first-order valence-corrected chi connectivity index (χ1v) is 10.7. The van der Waals surface area contributed by atoms with Crippen LogP contribution in [0.5, 0.6) is 5.75 Å². The van der Waals surface area contributed by atoms with Crippen LogP contribution in [0.4, 0.5) is 0 Å². The number of hydrogen-bond donors (Lipinski definition) is 0. The molecule has 1 aliphatic heterocycles. The zero-order chi connectivity index (χ0) is 20.4. The standard InChI is InChI=1S/C25H32N2O2/c1-26-15-14-25(20-10-7-11-23(16-20)29-3)17-22(13-12-21(25)18-26)27(2)24(28)19-8-5-4-6-9-19/h4-11,16,21-22H,12-15,17-18H2,1-3H3/t21-,22-,25+/m1/s1. The van der Waals surface area contributed by atoms with Gasteiger partial charge in [0.2, 0.25) is 0 Å². The maximum absolute atomic E-state index is 13.1. The number of likely N-dealkylation sites (tertiary alicyclic amines) is 1. The summed E-state index contributed by atoms with van der Waals surface area (Å²) in [5, 5.41) is 0. The van der Waals surface area contributed by atoms with Gasteiger partial charge in [-0.05, 0) is 75.0 Å². The Labute approximate surface area is 174 Å². The van der Waals surface area contributed by atoms with Crippen molar-refractivity contribution in [3.05, 3.63) is 65.7 Å². The Morgan fingerprint density at radius 2 is 1.93 bits per heavy atom. The van der Waals surface area contributed by atoms with Crippen LogP contribution >= 0.6 is 0 Å². The fraction of sp³-hybridized carbons (Fsp3) is 0.480. The lowest BCUT2D eigenvalue weighted by Gasteiger charge is -2.53. The number of piperidine rings is 1. The second kappa shape index (κ2) is 8.19. The number of carbonyl (C=O) groups excluding carboxylic acids is 1. The van der Waals surface area contributed by atoms with Crippen LogP contribution < -0.4 is 4.74 Å². The first-order valence-electron chi connectivity index (χ1n) is 10.7. The summed E-state index contributed by atoms with van der Waals surface area (Å²) in [5.41, 5.74) is 2.26. The minimum absolute atomic E-state index is 0.106. The summed E-state index contributed by atoms with van der Waals surface area (Å²) < 4.78 is 5.54. The molecule has 2 aliphatic rings. The van der Waals surface area contributed by atoms with Crippen LogP contribution in [0.25, 0.3) is 0 Å². The average Bonchev–Trinajstić information content (AvgIpc) is 2.78. The summed E-state index contributed by atoms with van der Waals surface area (Å²) in [6, 6.07) is 18.5. The summed E-state index contributed by atoms with van der Waals surface area (Å²) in [4.78, 5) is 17.5. The number of rotatable bonds is 4. The molecule has 3 atom stereocenters. The Morgan fingerprint density at radius 3 is 2.69 bits per heavy atom. The van der Waals surface area contributed by atoms with Gasteiger partial charge in [-0.3, -0.25) is 4.79 Å². The molecule has 0 radical (unpaired) electrons. The zero-order valence-corrected chi connectivity index (χ0v) is 17.8. The Bertz CT molecular complexity index is 853. The van der Waals surface area contributed by atoms with Gasteiger partial charge in [0.15, 0.2) is 0 Å². The number of nitrogens with zero attached hydrogens (tertiary/aromatic N) is 2. The quantitative estimate of drug-likeness (QED) is 0.781. The van der Waals surface area contributed by atoms with Gasteiger partial charge in [-0.2, -0.15) is 0 Å². The van der Waals surface area contributed by atoms with Crippen molar-refractivity contribution in [2.45, 2.75) is 37.1 Å². The van der Waals surface area contributed by atoms with E-state index in [-0.39, 0.29) is 17.4 Å². The molecule has 2 aromatic rings. The molecule has 4 rings (SSSR count). The molecule has 2 fully saturated rings. The number of benzene rings is 2. The predicted molar refractivity (Wildman–Crippen MR) is 116 cm³/mol. The Balaban J connectivity index is 1.64. The van der Waals surface area contributed by atoms with Crippen LogP contribution in [0.3, 0.4) is 0 Å². The normalized spacial score (nSPS) is 27.1. The van der Waals surface area contributed by atoms with Crippen LogP contribution in [0.1, 0.15) is 41.6 Å².